The van der Waals surface area contributed by atoms with Crippen LogP contribution in [0.15, 0.2) is 61.1 Å². The molecule has 2 aromatic carbocycles. The number of anilines is 1. The number of hydrogen-bond donors (Lipinski definition) is 2. The van der Waals surface area contributed by atoms with E-state index in [9.17, 15) is 9.50 Å². The summed E-state index contributed by atoms with van der Waals surface area (Å²) in [5.41, 5.74) is 12.3. The molecule has 7 nitrogen and oxygen atoms in total. The zero-order valence-electron chi connectivity index (χ0n) is 17.4. The van der Waals surface area contributed by atoms with Crippen molar-refractivity contribution < 1.29 is 9.50 Å². The molecule has 0 saturated carbocycles. The first-order chi connectivity index (χ1) is 15.6. The lowest BCUT2D eigenvalue weighted by molar-refractivity contribution is 0.228. The molecule has 32 heavy (non-hydrogen) atoms. The molecule has 0 amide bonds. The van der Waals surface area contributed by atoms with Gasteiger partial charge in [0.15, 0.2) is 5.82 Å². The van der Waals surface area contributed by atoms with Gasteiger partial charge in [-0.2, -0.15) is 5.10 Å². The van der Waals surface area contributed by atoms with Crippen molar-refractivity contribution in [3.63, 3.8) is 0 Å². The molecular weight excluding hydrogens is 407 g/mol. The maximum absolute atomic E-state index is 13.4. The molecule has 162 valence electrons. The Hall–Kier alpha value is -3.49. The smallest absolute Gasteiger partial charge is 0.179 e. The summed E-state index contributed by atoms with van der Waals surface area (Å²) in [7, 11) is 0. The van der Waals surface area contributed by atoms with Crippen molar-refractivity contribution in [1.29, 1.82) is 0 Å². The molecule has 1 fully saturated rings. The van der Waals surface area contributed by atoms with Gasteiger partial charge >= 0.3 is 0 Å². The van der Waals surface area contributed by atoms with Crippen molar-refractivity contribution in [1.82, 2.24) is 19.3 Å². The Kier molecular flexibility index (Phi) is 4.38. The molecule has 2 aliphatic heterocycles. The minimum absolute atomic E-state index is 0.0324. The van der Waals surface area contributed by atoms with Crippen LogP contribution in [0.25, 0.3) is 28.3 Å². The number of rotatable bonds is 3. The van der Waals surface area contributed by atoms with Gasteiger partial charge in [0.2, 0.25) is 0 Å². The van der Waals surface area contributed by atoms with Crippen LogP contribution < -0.4 is 10.6 Å². The van der Waals surface area contributed by atoms with Gasteiger partial charge in [0.1, 0.15) is 12.1 Å². The molecule has 4 aromatic rings. The number of hydrogen-bond acceptors (Lipinski definition) is 5. The van der Waals surface area contributed by atoms with Gasteiger partial charge in [-0.3, -0.25) is 0 Å². The van der Waals surface area contributed by atoms with Crippen molar-refractivity contribution in [2.24, 2.45) is 11.7 Å². The number of nitrogens with zero attached hydrogens (tertiary/aromatic N) is 5. The summed E-state index contributed by atoms with van der Waals surface area (Å²) in [5, 5.41) is 14.1. The maximum Gasteiger partial charge on any atom is 0.179 e. The molecule has 8 heteroatoms. The van der Waals surface area contributed by atoms with E-state index in [1.807, 2.05) is 4.68 Å². The van der Waals surface area contributed by atoms with Gasteiger partial charge in [-0.05, 0) is 47.5 Å². The predicted molar refractivity (Wildman–Crippen MR) is 120 cm³/mol. The number of aliphatic hydroxyl groups excluding tert-OH is 1. The van der Waals surface area contributed by atoms with E-state index < -0.39 is 0 Å². The Morgan fingerprint density at radius 3 is 2.69 bits per heavy atom. The first kappa shape index (κ1) is 19.2. The van der Waals surface area contributed by atoms with Gasteiger partial charge < -0.3 is 20.3 Å². The Balaban J connectivity index is 1.42. The lowest BCUT2D eigenvalue weighted by Gasteiger charge is -2.20. The Bertz CT molecular complexity index is 1290. The highest BCUT2D eigenvalue weighted by atomic mass is 19.1. The molecule has 2 atom stereocenters. The molecule has 0 bridgehead atoms. The van der Waals surface area contributed by atoms with Gasteiger partial charge in [0.05, 0.1) is 11.4 Å². The normalized spacial score (nSPS) is 19.4. The van der Waals surface area contributed by atoms with Crippen LogP contribution in [0.1, 0.15) is 5.56 Å². The van der Waals surface area contributed by atoms with E-state index in [0.29, 0.717) is 6.54 Å². The Morgan fingerprint density at radius 1 is 1.06 bits per heavy atom. The lowest BCUT2D eigenvalue weighted by Crippen LogP contribution is -2.31. The van der Waals surface area contributed by atoms with Crippen molar-refractivity contribution in [3.8, 4) is 28.3 Å². The fraction of sp³-hybridized carbons (Fsp3) is 0.250. The third-order valence-corrected chi connectivity index (χ3v) is 6.57. The molecule has 2 aliphatic rings. The van der Waals surface area contributed by atoms with E-state index >= 15 is 0 Å². The number of nitrogens with two attached hydrogens (primary N) is 1. The summed E-state index contributed by atoms with van der Waals surface area (Å²) < 4.78 is 17.4. The molecule has 3 N–H and O–H groups in total. The summed E-state index contributed by atoms with van der Waals surface area (Å²) in [4.78, 5) is 6.76. The van der Waals surface area contributed by atoms with Crippen LogP contribution in [0, 0.1) is 11.7 Å². The second-order valence-corrected chi connectivity index (χ2v) is 8.57. The fourth-order valence-electron chi connectivity index (χ4n) is 4.81. The first-order valence-corrected chi connectivity index (χ1v) is 10.7. The standard InChI is InChI=1S/C24H23FN6O/c25-19-3-1-15(2-4-19)16-8-23-24-27-14-28-31(24)22-6-5-20(7-17(22)10-30(23)9-16)29-11-18(13-32)21(26)12-29/h1-9,14,18,21,32H,10-13,26H2/t18-,21?/m0/s1. The predicted octanol–water partition coefficient (Wildman–Crippen LogP) is 2.66. The average Bonchev–Trinajstić information content (AvgIpc) is 3.51. The number of fused-ring (bicyclic) bond motifs is 5. The first-order valence-electron chi connectivity index (χ1n) is 10.7. The maximum atomic E-state index is 13.4. The summed E-state index contributed by atoms with van der Waals surface area (Å²) in [6, 6.07) is 14.9. The van der Waals surface area contributed by atoms with E-state index in [-0.39, 0.29) is 24.4 Å². The van der Waals surface area contributed by atoms with E-state index in [1.54, 1.807) is 18.5 Å². The number of aliphatic hydroxyl groups is 1. The summed E-state index contributed by atoms with van der Waals surface area (Å²) in [5.74, 6) is 0.610. The minimum atomic E-state index is -0.249. The molecule has 1 saturated heterocycles. The minimum Gasteiger partial charge on any atom is -0.396 e. The van der Waals surface area contributed by atoms with Crippen LogP contribution in [0.4, 0.5) is 10.1 Å². The van der Waals surface area contributed by atoms with Gasteiger partial charge in [-0.25, -0.2) is 14.1 Å². The van der Waals surface area contributed by atoms with Crippen LogP contribution in [0.5, 0.6) is 0 Å². The monoisotopic (exact) mass is 430 g/mol. The fourth-order valence-corrected chi connectivity index (χ4v) is 4.81. The van der Waals surface area contributed by atoms with Crippen molar-refractivity contribution in [3.05, 3.63) is 72.4 Å². The molecule has 0 aliphatic carbocycles. The zero-order valence-corrected chi connectivity index (χ0v) is 17.4. The largest absolute Gasteiger partial charge is 0.396 e. The molecule has 6 rings (SSSR count). The van der Waals surface area contributed by atoms with Crippen molar-refractivity contribution in [2.75, 3.05) is 24.6 Å². The van der Waals surface area contributed by atoms with Crippen LogP contribution >= 0.6 is 0 Å². The van der Waals surface area contributed by atoms with Crippen molar-refractivity contribution >= 4 is 5.69 Å². The number of halogens is 1. The second kappa shape index (κ2) is 7.29. The number of benzene rings is 2. The van der Waals surface area contributed by atoms with Gasteiger partial charge in [-0.15, -0.1) is 0 Å². The number of aromatic nitrogens is 4. The highest BCUT2D eigenvalue weighted by Crippen LogP contribution is 2.35. The van der Waals surface area contributed by atoms with E-state index in [1.165, 1.54) is 12.1 Å². The summed E-state index contributed by atoms with van der Waals surface area (Å²) in [6.45, 7) is 2.23. The van der Waals surface area contributed by atoms with Gasteiger partial charge in [0, 0.05) is 55.6 Å². The third kappa shape index (κ3) is 3.03. The van der Waals surface area contributed by atoms with E-state index in [2.05, 4.69) is 50.0 Å². The van der Waals surface area contributed by atoms with Crippen LogP contribution in [0.2, 0.25) is 0 Å². The molecular formula is C24H23FN6O. The zero-order chi connectivity index (χ0) is 21.8. The molecule has 1 unspecified atom stereocenters. The third-order valence-electron chi connectivity index (χ3n) is 6.57. The average molecular weight is 430 g/mol. The molecule has 0 radical (unpaired) electrons. The lowest BCUT2D eigenvalue weighted by atomic mass is 10.1. The molecule has 2 aromatic heterocycles. The molecule has 0 spiro atoms. The topological polar surface area (TPSA) is 85.1 Å². The van der Waals surface area contributed by atoms with Crippen LogP contribution in [-0.2, 0) is 6.54 Å². The summed E-state index contributed by atoms with van der Waals surface area (Å²) in [6.07, 6.45) is 3.65. The summed E-state index contributed by atoms with van der Waals surface area (Å²) >= 11 is 0. The van der Waals surface area contributed by atoms with Gasteiger partial charge in [0.25, 0.3) is 0 Å². The van der Waals surface area contributed by atoms with Crippen LogP contribution in [0.3, 0.4) is 0 Å². The van der Waals surface area contributed by atoms with Crippen molar-refractivity contribution in [2.45, 2.75) is 12.6 Å². The van der Waals surface area contributed by atoms with Crippen LogP contribution in [-0.4, -0.2) is 50.2 Å². The quantitative estimate of drug-likeness (QED) is 0.460. The van der Waals surface area contributed by atoms with E-state index in [4.69, 9.17) is 5.73 Å². The van der Waals surface area contributed by atoms with Gasteiger partial charge in [-0.1, -0.05) is 12.1 Å². The Morgan fingerprint density at radius 2 is 1.91 bits per heavy atom. The van der Waals surface area contributed by atoms with E-state index in [0.717, 1.165) is 52.7 Å². The highest BCUT2D eigenvalue weighted by molar-refractivity contribution is 5.71. The Labute approximate surface area is 184 Å². The highest BCUT2D eigenvalue weighted by Gasteiger charge is 2.30. The second-order valence-electron chi connectivity index (χ2n) is 8.57. The molecule has 4 heterocycles. The SMILES string of the molecule is NC1CN(c2ccc3c(c2)Cn2cc(-c4ccc(F)cc4)cc2-c2ncnn2-3)C[C@H]1CO.